The summed E-state index contributed by atoms with van der Waals surface area (Å²) in [6, 6.07) is 21.7. The van der Waals surface area contributed by atoms with E-state index in [2.05, 4.69) is 21.2 Å². The molecule has 3 aromatic carbocycles. The molecule has 0 heterocycles. The predicted octanol–water partition coefficient (Wildman–Crippen LogP) is 3.18. The molecule has 3 rings (SSSR count). The molecule has 0 spiro atoms. The van der Waals surface area contributed by atoms with Crippen LogP contribution in [0.25, 0.3) is 0 Å². The Balaban J connectivity index is 1.53. The molecule has 3 aromatic rings. The Morgan fingerprint density at radius 2 is 1.64 bits per heavy atom. The van der Waals surface area contributed by atoms with E-state index in [1.807, 2.05) is 56.3 Å². The van der Waals surface area contributed by atoms with Crippen LogP contribution in [0.5, 0.6) is 11.5 Å². The Labute approximate surface area is 209 Å². The van der Waals surface area contributed by atoms with Gasteiger partial charge in [0.1, 0.15) is 0 Å². The Bertz CT molecular complexity index is 1230. The number of hydrogen-bond acceptors (Lipinski definition) is 6. The van der Waals surface area contributed by atoms with Gasteiger partial charge in [0.15, 0.2) is 18.1 Å². The van der Waals surface area contributed by atoms with Crippen LogP contribution in [0.4, 0.5) is 5.69 Å². The largest absolute Gasteiger partial charge is 0.490 e. The molecule has 0 saturated heterocycles. The summed E-state index contributed by atoms with van der Waals surface area (Å²) < 4.78 is 11.2. The smallest absolute Gasteiger partial charge is 0.329 e. The molecule has 9 nitrogen and oxygen atoms in total. The number of nitrogens with one attached hydrogen (secondary N) is 3. The lowest BCUT2D eigenvalue weighted by atomic mass is 10.2. The van der Waals surface area contributed by atoms with Crippen LogP contribution in [-0.2, 0) is 20.9 Å². The fourth-order valence-electron chi connectivity index (χ4n) is 3.09. The maximum atomic E-state index is 12.1. The first-order valence-electron chi connectivity index (χ1n) is 11.4. The molecule has 186 valence electrons. The molecule has 36 heavy (non-hydrogen) atoms. The van der Waals surface area contributed by atoms with Gasteiger partial charge in [0, 0.05) is 12.2 Å². The van der Waals surface area contributed by atoms with Gasteiger partial charge in [-0.1, -0.05) is 48.5 Å². The molecule has 3 amide bonds. The van der Waals surface area contributed by atoms with Gasteiger partial charge < -0.3 is 20.1 Å². The van der Waals surface area contributed by atoms with Crippen LogP contribution in [0.3, 0.4) is 0 Å². The number of carbonyl (C=O) groups is 3. The second-order valence-corrected chi connectivity index (χ2v) is 7.66. The summed E-state index contributed by atoms with van der Waals surface area (Å²) in [4.78, 5) is 36.3. The summed E-state index contributed by atoms with van der Waals surface area (Å²) in [5.41, 5.74) is 5.17. The minimum absolute atomic E-state index is 0.174. The minimum atomic E-state index is -0.902. The number of para-hydroxylation sites is 1. The van der Waals surface area contributed by atoms with E-state index in [0.717, 1.165) is 11.1 Å². The highest BCUT2D eigenvalue weighted by Gasteiger charge is 2.14. The van der Waals surface area contributed by atoms with E-state index >= 15 is 0 Å². The van der Waals surface area contributed by atoms with E-state index in [4.69, 9.17) is 9.47 Å². The number of carbonyl (C=O) groups excluding carboxylic acids is 3. The van der Waals surface area contributed by atoms with Crippen LogP contribution in [0.2, 0.25) is 0 Å². The van der Waals surface area contributed by atoms with E-state index < -0.39 is 11.8 Å². The van der Waals surface area contributed by atoms with Gasteiger partial charge in [0.2, 0.25) is 0 Å². The van der Waals surface area contributed by atoms with Gasteiger partial charge in [0.25, 0.3) is 5.91 Å². The van der Waals surface area contributed by atoms with Crippen LogP contribution in [0.1, 0.15) is 23.6 Å². The molecule has 0 atom stereocenters. The molecule has 0 aliphatic rings. The van der Waals surface area contributed by atoms with Crippen LogP contribution in [-0.4, -0.2) is 37.1 Å². The van der Waals surface area contributed by atoms with E-state index in [1.54, 1.807) is 30.3 Å². The highest BCUT2D eigenvalue weighted by molar-refractivity contribution is 6.39. The molecule has 0 fully saturated rings. The molecule has 0 saturated carbocycles. The number of ether oxygens (including phenoxy) is 2. The molecule has 0 aliphatic carbocycles. The van der Waals surface area contributed by atoms with Gasteiger partial charge in [-0.3, -0.25) is 14.4 Å². The van der Waals surface area contributed by atoms with Crippen LogP contribution >= 0.6 is 0 Å². The number of anilines is 1. The number of hydrogen-bond donors (Lipinski definition) is 3. The van der Waals surface area contributed by atoms with Crippen LogP contribution in [0.15, 0.2) is 77.9 Å². The number of benzene rings is 3. The Morgan fingerprint density at radius 1 is 0.889 bits per heavy atom. The molecule has 3 N–H and O–H groups in total. The maximum Gasteiger partial charge on any atom is 0.329 e. The zero-order valence-corrected chi connectivity index (χ0v) is 20.1. The Morgan fingerprint density at radius 3 is 2.39 bits per heavy atom. The van der Waals surface area contributed by atoms with Gasteiger partial charge >= 0.3 is 11.8 Å². The van der Waals surface area contributed by atoms with Gasteiger partial charge in [-0.15, -0.1) is 0 Å². The van der Waals surface area contributed by atoms with Gasteiger partial charge in [-0.2, -0.15) is 5.10 Å². The lowest BCUT2D eigenvalue weighted by molar-refractivity contribution is -0.136. The number of hydrazone groups is 1. The second-order valence-electron chi connectivity index (χ2n) is 7.66. The van der Waals surface area contributed by atoms with Gasteiger partial charge in [-0.25, -0.2) is 5.43 Å². The maximum absolute atomic E-state index is 12.1. The SMILES string of the molecule is CCOc1cc(/C=N\NC(=O)C(=O)Nc2ccccc2C)ccc1OCC(=O)NCc1ccccc1. The zero-order valence-electron chi connectivity index (χ0n) is 20.1. The third-order valence-electron chi connectivity index (χ3n) is 4.94. The van der Waals surface area contributed by atoms with Crippen molar-refractivity contribution in [3.63, 3.8) is 0 Å². The number of aryl methyl sites for hydroxylation is 1. The van der Waals surface area contributed by atoms with Crippen molar-refractivity contribution in [2.75, 3.05) is 18.5 Å². The number of nitrogens with zero attached hydrogens (tertiary/aromatic N) is 1. The predicted molar refractivity (Wildman–Crippen MR) is 137 cm³/mol. The van der Waals surface area contributed by atoms with Crippen molar-refractivity contribution >= 4 is 29.6 Å². The van der Waals surface area contributed by atoms with Crippen molar-refractivity contribution in [3.05, 3.63) is 89.5 Å². The molecule has 0 aliphatic heterocycles. The third-order valence-corrected chi connectivity index (χ3v) is 4.94. The minimum Gasteiger partial charge on any atom is -0.490 e. The summed E-state index contributed by atoms with van der Waals surface area (Å²) in [7, 11) is 0. The van der Waals surface area contributed by atoms with Crippen LogP contribution < -0.4 is 25.5 Å². The average molecular weight is 489 g/mol. The fraction of sp³-hybridized carbons (Fsp3) is 0.185. The molecule has 0 bridgehead atoms. The highest BCUT2D eigenvalue weighted by Crippen LogP contribution is 2.28. The Hall–Kier alpha value is -4.66. The van der Waals surface area contributed by atoms with Crippen LogP contribution in [0, 0.1) is 6.92 Å². The monoisotopic (exact) mass is 488 g/mol. The normalized spacial score (nSPS) is 10.5. The van der Waals surface area contributed by atoms with Crippen molar-refractivity contribution in [2.45, 2.75) is 20.4 Å². The van der Waals surface area contributed by atoms with E-state index in [-0.39, 0.29) is 12.5 Å². The molecule has 0 aromatic heterocycles. The van der Waals surface area contributed by atoms with Crippen molar-refractivity contribution in [1.82, 2.24) is 10.7 Å². The lowest BCUT2D eigenvalue weighted by Crippen LogP contribution is -2.32. The molecular weight excluding hydrogens is 460 g/mol. The number of amides is 3. The van der Waals surface area contributed by atoms with Gasteiger partial charge in [-0.05, 0) is 54.8 Å². The Kier molecular flexibility index (Phi) is 9.58. The van der Waals surface area contributed by atoms with Crippen molar-refractivity contribution in [2.24, 2.45) is 5.10 Å². The number of rotatable bonds is 10. The van der Waals surface area contributed by atoms with Crippen molar-refractivity contribution < 1.29 is 23.9 Å². The quantitative estimate of drug-likeness (QED) is 0.230. The highest BCUT2D eigenvalue weighted by atomic mass is 16.5. The molecular formula is C27H28N4O5. The summed E-state index contributed by atoms with van der Waals surface area (Å²) >= 11 is 0. The first-order chi connectivity index (χ1) is 17.5. The summed E-state index contributed by atoms with van der Waals surface area (Å²) in [5.74, 6) is -1.18. The zero-order chi connectivity index (χ0) is 25.8. The summed E-state index contributed by atoms with van der Waals surface area (Å²) in [6.07, 6.45) is 1.37. The third kappa shape index (κ3) is 7.98. The van der Waals surface area contributed by atoms with E-state index in [1.165, 1.54) is 6.21 Å². The van der Waals surface area contributed by atoms with Crippen molar-refractivity contribution in [1.29, 1.82) is 0 Å². The molecule has 0 unspecified atom stereocenters. The first kappa shape index (κ1) is 26.0. The molecule has 0 radical (unpaired) electrons. The second kappa shape index (κ2) is 13.3. The average Bonchev–Trinajstić information content (AvgIpc) is 2.89. The summed E-state index contributed by atoms with van der Waals surface area (Å²) in [6.45, 7) is 4.27. The van der Waals surface area contributed by atoms with Crippen molar-refractivity contribution in [3.8, 4) is 11.5 Å². The van der Waals surface area contributed by atoms with E-state index in [0.29, 0.717) is 35.9 Å². The standard InChI is InChI=1S/C27H28N4O5/c1-3-35-24-15-21(17-29-31-27(34)26(33)30-22-12-8-7-9-19(22)2)13-14-23(24)36-18-25(32)28-16-20-10-5-4-6-11-20/h4-15,17H,3,16,18H2,1-2H3,(H,28,32)(H,30,33)(H,31,34)/b29-17-. The fourth-order valence-corrected chi connectivity index (χ4v) is 3.09. The first-order valence-corrected chi connectivity index (χ1v) is 11.4. The van der Waals surface area contributed by atoms with E-state index in [9.17, 15) is 14.4 Å². The molecule has 9 heteroatoms. The lowest BCUT2D eigenvalue weighted by Gasteiger charge is -2.12. The van der Waals surface area contributed by atoms with Gasteiger partial charge in [0.05, 0.1) is 12.8 Å². The summed E-state index contributed by atoms with van der Waals surface area (Å²) in [5, 5.41) is 9.18. The topological polar surface area (TPSA) is 118 Å².